The van der Waals surface area contributed by atoms with E-state index in [1.54, 1.807) is 7.11 Å². The van der Waals surface area contributed by atoms with Gasteiger partial charge in [-0.15, -0.1) is 0 Å². The van der Waals surface area contributed by atoms with Crippen LogP contribution in [0.2, 0.25) is 0 Å². The summed E-state index contributed by atoms with van der Waals surface area (Å²) in [6, 6.07) is 8.24. The summed E-state index contributed by atoms with van der Waals surface area (Å²) in [4.78, 5) is 9.29. The van der Waals surface area contributed by atoms with Gasteiger partial charge in [0, 0.05) is 32.7 Å². The summed E-state index contributed by atoms with van der Waals surface area (Å²) in [6.07, 6.45) is 4.96. The van der Waals surface area contributed by atoms with Crippen molar-refractivity contribution in [2.75, 3.05) is 44.7 Å². The number of likely N-dealkylation sites (tertiary alicyclic amines) is 1. The van der Waals surface area contributed by atoms with Crippen LogP contribution in [0.4, 0.5) is 5.69 Å². The second kappa shape index (κ2) is 7.57. The molecule has 2 aliphatic heterocycles. The lowest BCUT2D eigenvalue weighted by Gasteiger charge is -2.27. The summed E-state index contributed by atoms with van der Waals surface area (Å²) < 4.78 is 5.47. The maximum absolute atomic E-state index is 6.16. The van der Waals surface area contributed by atoms with Crippen LogP contribution in [0.5, 0.6) is 5.75 Å². The normalized spacial score (nSPS) is 22.5. The first kappa shape index (κ1) is 16.0. The van der Waals surface area contributed by atoms with Crippen molar-refractivity contribution in [3.8, 4) is 5.75 Å². The third-order valence-corrected chi connectivity index (χ3v) is 4.90. The molecule has 2 fully saturated rings. The van der Waals surface area contributed by atoms with Crippen molar-refractivity contribution in [1.29, 1.82) is 0 Å². The Bertz CT molecular complexity index is 540. The Balaban J connectivity index is 1.55. The van der Waals surface area contributed by atoms with Crippen molar-refractivity contribution in [3.63, 3.8) is 0 Å². The Labute approximate surface area is 139 Å². The number of para-hydroxylation sites is 2. The summed E-state index contributed by atoms with van der Waals surface area (Å²) in [7, 11) is 1.73. The van der Waals surface area contributed by atoms with Gasteiger partial charge in [0.25, 0.3) is 0 Å². The lowest BCUT2D eigenvalue weighted by atomic mass is 10.1. The van der Waals surface area contributed by atoms with Crippen LogP contribution in [0.25, 0.3) is 0 Å². The highest BCUT2D eigenvalue weighted by Gasteiger charge is 2.24. The molecule has 0 aromatic heterocycles. The fourth-order valence-corrected chi connectivity index (χ4v) is 3.54. The Morgan fingerprint density at radius 1 is 1.22 bits per heavy atom. The maximum atomic E-state index is 6.16. The van der Waals surface area contributed by atoms with E-state index in [0.717, 1.165) is 50.9 Å². The molecule has 1 aromatic carbocycles. The van der Waals surface area contributed by atoms with Crippen molar-refractivity contribution < 1.29 is 4.74 Å². The number of benzene rings is 1. The molecule has 23 heavy (non-hydrogen) atoms. The lowest BCUT2D eigenvalue weighted by molar-refractivity contribution is 0.337. The average molecular weight is 316 g/mol. The zero-order valence-corrected chi connectivity index (χ0v) is 14.1. The number of guanidine groups is 1. The van der Waals surface area contributed by atoms with Gasteiger partial charge in [-0.1, -0.05) is 12.1 Å². The van der Waals surface area contributed by atoms with E-state index in [0.29, 0.717) is 5.92 Å². The molecule has 0 amide bonds. The zero-order valence-electron chi connectivity index (χ0n) is 14.1. The molecule has 2 saturated heterocycles. The molecule has 2 N–H and O–H groups in total. The number of hydrogen-bond donors (Lipinski definition) is 1. The first-order chi connectivity index (χ1) is 11.3. The molecule has 2 aliphatic rings. The summed E-state index contributed by atoms with van der Waals surface area (Å²) in [5, 5.41) is 0. The van der Waals surface area contributed by atoms with Crippen LogP contribution in [0.3, 0.4) is 0 Å². The van der Waals surface area contributed by atoms with Crippen LogP contribution < -0.4 is 15.4 Å². The highest BCUT2D eigenvalue weighted by molar-refractivity contribution is 5.78. The van der Waals surface area contributed by atoms with Gasteiger partial charge < -0.3 is 20.3 Å². The molecule has 1 aromatic rings. The molecule has 5 nitrogen and oxygen atoms in total. The molecule has 1 unspecified atom stereocenters. The van der Waals surface area contributed by atoms with E-state index in [-0.39, 0.29) is 0 Å². The van der Waals surface area contributed by atoms with Crippen LogP contribution in [-0.2, 0) is 0 Å². The number of aliphatic imine (C=N–C) groups is 1. The van der Waals surface area contributed by atoms with Crippen LogP contribution in [0.15, 0.2) is 29.3 Å². The van der Waals surface area contributed by atoms with E-state index in [1.165, 1.54) is 24.9 Å². The minimum Gasteiger partial charge on any atom is -0.495 e. The van der Waals surface area contributed by atoms with Gasteiger partial charge >= 0.3 is 0 Å². The molecule has 3 rings (SSSR count). The van der Waals surface area contributed by atoms with E-state index < -0.39 is 0 Å². The fourth-order valence-electron chi connectivity index (χ4n) is 3.54. The van der Waals surface area contributed by atoms with Crippen molar-refractivity contribution in [2.45, 2.75) is 25.7 Å². The van der Waals surface area contributed by atoms with Gasteiger partial charge in [-0.3, -0.25) is 4.99 Å². The van der Waals surface area contributed by atoms with Gasteiger partial charge in [-0.2, -0.15) is 0 Å². The molecule has 1 atom stereocenters. The van der Waals surface area contributed by atoms with E-state index in [4.69, 9.17) is 10.5 Å². The number of ether oxygens (including phenoxy) is 1. The molecule has 0 bridgehead atoms. The molecular weight excluding hydrogens is 288 g/mol. The first-order valence-corrected chi connectivity index (χ1v) is 8.71. The number of hydrogen-bond acceptors (Lipinski definition) is 3. The van der Waals surface area contributed by atoms with Crippen molar-refractivity contribution >= 4 is 11.6 Å². The third kappa shape index (κ3) is 3.89. The van der Waals surface area contributed by atoms with Crippen LogP contribution in [0, 0.1) is 5.92 Å². The molecule has 2 heterocycles. The summed E-state index contributed by atoms with van der Waals surface area (Å²) in [6.45, 7) is 5.04. The number of methoxy groups -OCH3 is 1. The van der Waals surface area contributed by atoms with Gasteiger partial charge in [-0.25, -0.2) is 0 Å². The zero-order chi connectivity index (χ0) is 16.1. The molecular formula is C18H28N4O. The highest BCUT2D eigenvalue weighted by Crippen LogP contribution is 2.31. The second-order valence-corrected chi connectivity index (χ2v) is 6.52. The monoisotopic (exact) mass is 316 g/mol. The largest absolute Gasteiger partial charge is 0.495 e. The number of anilines is 1. The summed E-state index contributed by atoms with van der Waals surface area (Å²) in [5.41, 5.74) is 7.35. The van der Waals surface area contributed by atoms with Gasteiger partial charge in [0.05, 0.1) is 12.8 Å². The molecule has 126 valence electrons. The smallest absolute Gasteiger partial charge is 0.191 e. The number of rotatable bonds is 4. The van der Waals surface area contributed by atoms with E-state index in [2.05, 4.69) is 26.9 Å². The Morgan fingerprint density at radius 2 is 2.00 bits per heavy atom. The SMILES string of the molecule is COc1ccccc1N1CCC(CN=C(N)N2CCCCC2)C1. The maximum Gasteiger partial charge on any atom is 0.191 e. The van der Waals surface area contributed by atoms with Gasteiger partial charge in [0.2, 0.25) is 0 Å². The van der Waals surface area contributed by atoms with Gasteiger partial charge in [-0.05, 0) is 43.7 Å². The van der Waals surface area contributed by atoms with Gasteiger partial charge in [0.1, 0.15) is 5.75 Å². The molecule has 5 heteroatoms. The summed E-state index contributed by atoms with van der Waals surface area (Å²) >= 11 is 0. The van der Waals surface area contributed by atoms with Gasteiger partial charge in [0.15, 0.2) is 5.96 Å². The summed E-state index contributed by atoms with van der Waals surface area (Å²) in [5.74, 6) is 2.26. The van der Waals surface area contributed by atoms with Crippen LogP contribution in [-0.4, -0.2) is 50.7 Å². The quantitative estimate of drug-likeness (QED) is 0.684. The minimum absolute atomic E-state index is 0.572. The third-order valence-electron chi connectivity index (χ3n) is 4.90. The molecule has 0 radical (unpaired) electrons. The number of nitrogens with zero attached hydrogens (tertiary/aromatic N) is 3. The number of piperidine rings is 1. The van der Waals surface area contributed by atoms with Crippen molar-refractivity contribution in [2.24, 2.45) is 16.6 Å². The predicted molar refractivity (Wildman–Crippen MR) is 95.2 cm³/mol. The minimum atomic E-state index is 0.572. The molecule has 0 saturated carbocycles. The Morgan fingerprint density at radius 3 is 2.78 bits per heavy atom. The first-order valence-electron chi connectivity index (χ1n) is 8.71. The Hall–Kier alpha value is -1.91. The van der Waals surface area contributed by atoms with E-state index >= 15 is 0 Å². The highest BCUT2D eigenvalue weighted by atomic mass is 16.5. The Kier molecular flexibility index (Phi) is 5.26. The number of nitrogens with two attached hydrogens (primary N) is 1. The fraction of sp³-hybridized carbons (Fsp3) is 0.611. The topological polar surface area (TPSA) is 54.1 Å². The molecule has 0 spiro atoms. The molecule has 0 aliphatic carbocycles. The standard InChI is InChI=1S/C18H28N4O/c1-23-17-8-4-3-7-16(17)22-12-9-15(14-22)13-20-18(19)21-10-5-2-6-11-21/h3-4,7-8,15H,2,5-6,9-14H2,1H3,(H2,19,20). The van der Waals surface area contributed by atoms with E-state index in [1.807, 2.05) is 12.1 Å². The van der Waals surface area contributed by atoms with Crippen LogP contribution in [0.1, 0.15) is 25.7 Å². The average Bonchev–Trinajstić information content (AvgIpc) is 3.09. The predicted octanol–water partition coefficient (Wildman–Crippen LogP) is 2.32. The van der Waals surface area contributed by atoms with Crippen molar-refractivity contribution in [3.05, 3.63) is 24.3 Å². The lowest BCUT2D eigenvalue weighted by Crippen LogP contribution is -2.41. The van der Waals surface area contributed by atoms with Crippen molar-refractivity contribution in [1.82, 2.24) is 4.90 Å². The van der Waals surface area contributed by atoms with E-state index in [9.17, 15) is 0 Å². The second-order valence-electron chi connectivity index (χ2n) is 6.52. The van der Waals surface area contributed by atoms with Crippen LogP contribution >= 0.6 is 0 Å².